The lowest BCUT2D eigenvalue weighted by Crippen LogP contribution is -2.49. The number of rotatable bonds is 3. The van der Waals surface area contributed by atoms with E-state index in [2.05, 4.69) is 23.3 Å². The Morgan fingerprint density at radius 1 is 1.53 bits per heavy atom. The molecular formula is C13H19ClN2O. The minimum atomic E-state index is 0.486. The quantitative estimate of drug-likeness (QED) is 0.890. The third-order valence-corrected chi connectivity index (χ3v) is 3.54. The largest absolute Gasteiger partial charge is 0.497 e. The average Bonchev–Trinajstić information content (AvgIpc) is 2.32. The second kappa shape index (κ2) is 5.71. The molecule has 2 rings (SSSR count). The Labute approximate surface area is 108 Å². The van der Waals surface area contributed by atoms with E-state index in [0.717, 1.165) is 36.8 Å². The molecule has 1 atom stereocenters. The second-order valence-electron chi connectivity index (χ2n) is 4.57. The molecule has 1 saturated heterocycles. The molecule has 1 aliphatic heterocycles. The molecular weight excluding hydrogens is 236 g/mol. The summed E-state index contributed by atoms with van der Waals surface area (Å²) < 4.78 is 5.15. The van der Waals surface area contributed by atoms with Crippen LogP contribution in [-0.2, 0) is 6.42 Å². The van der Waals surface area contributed by atoms with Crippen LogP contribution in [-0.4, -0.2) is 44.7 Å². The van der Waals surface area contributed by atoms with Crippen LogP contribution in [0.3, 0.4) is 0 Å². The van der Waals surface area contributed by atoms with Gasteiger partial charge >= 0.3 is 0 Å². The summed E-state index contributed by atoms with van der Waals surface area (Å²) in [5, 5.41) is 4.31. The Kier molecular flexibility index (Phi) is 4.26. The zero-order chi connectivity index (χ0) is 12.3. The Hall–Kier alpha value is -0.770. The van der Waals surface area contributed by atoms with E-state index in [1.54, 1.807) is 7.11 Å². The lowest BCUT2D eigenvalue weighted by molar-refractivity contribution is 0.238. The van der Waals surface area contributed by atoms with Crippen molar-refractivity contribution in [3.63, 3.8) is 0 Å². The summed E-state index contributed by atoms with van der Waals surface area (Å²) in [6.45, 7) is 3.24. The molecule has 0 amide bonds. The fraction of sp³-hybridized carbons (Fsp3) is 0.538. The maximum atomic E-state index is 6.24. The summed E-state index contributed by atoms with van der Waals surface area (Å²) in [5.74, 6) is 0.812. The van der Waals surface area contributed by atoms with Gasteiger partial charge in [0.1, 0.15) is 5.75 Å². The van der Waals surface area contributed by atoms with Crippen LogP contribution in [0.25, 0.3) is 0 Å². The highest BCUT2D eigenvalue weighted by Gasteiger charge is 2.17. The normalized spacial score (nSPS) is 21.5. The molecule has 3 nitrogen and oxygen atoms in total. The van der Waals surface area contributed by atoms with Crippen molar-refractivity contribution in [3.05, 3.63) is 28.8 Å². The predicted octanol–water partition coefficient (Wildman–Crippen LogP) is 1.79. The monoisotopic (exact) mass is 254 g/mol. The van der Waals surface area contributed by atoms with Gasteiger partial charge in [-0.05, 0) is 31.2 Å². The number of nitrogens with one attached hydrogen (secondary N) is 1. The first-order chi connectivity index (χ1) is 8.19. The topological polar surface area (TPSA) is 24.5 Å². The highest BCUT2D eigenvalue weighted by molar-refractivity contribution is 6.31. The summed E-state index contributed by atoms with van der Waals surface area (Å²) in [6.07, 6.45) is 0.965. The molecule has 0 aromatic heterocycles. The molecule has 1 aliphatic rings. The van der Waals surface area contributed by atoms with E-state index in [-0.39, 0.29) is 0 Å². The number of likely N-dealkylation sites (N-methyl/N-ethyl adjacent to an activating group) is 1. The minimum Gasteiger partial charge on any atom is -0.497 e. The van der Waals surface area contributed by atoms with E-state index < -0.39 is 0 Å². The lowest BCUT2D eigenvalue weighted by atomic mass is 10.0. The molecule has 1 aromatic carbocycles. The molecule has 1 heterocycles. The van der Waals surface area contributed by atoms with Crippen molar-refractivity contribution in [2.45, 2.75) is 12.5 Å². The van der Waals surface area contributed by atoms with E-state index in [1.165, 1.54) is 5.56 Å². The molecule has 4 heteroatoms. The van der Waals surface area contributed by atoms with Crippen molar-refractivity contribution in [1.82, 2.24) is 10.2 Å². The van der Waals surface area contributed by atoms with Gasteiger partial charge in [0.25, 0.3) is 0 Å². The van der Waals surface area contributed by atoms with Gasteiger partial charge in [-0.2, -0.15) is 0 Å². The van der Waals surface area contributed by atoms with Gasteiger partial charge in [0, 0.05) is 30.7 Å². The van der Waals surface area contributed by atoms with E-state index in [0.29, 0.717) is 6.04 Å². The van der Waals surface area contributed by atoms with Gasteiger partial charge in [-0.3, -0.25) is 0 Å². The Balaban J connectivity index is 2.02. The van der Waals surface area contributed by atoms with Gasteiger partial charge in [-0.1, -0.05) is 17.7 Å². The van der Waals surface area contributed by atoms with Gasteiger partial charge in [0.2, 0.25) is 0 Å². The summed E-state index contributed by atoms with van der Waals surface area (Å²) in [7, 11) is 3.81. The van der Waals surface area contributed by atoms with Gasteiger partial charge in [0.05, 0.1) is 7.11 Å². The highest BCUT2D eigenvalue weighted by Crippen LogP contribution is 2.23. The van der Waals surface area contributed by atoms with Crippen LogP contribution in [0.15, 0.2) is 18.2 Å². The molecule has 0 spiro atoms. The number of benzene rings is 1. The van der Waals surface area contributed by atoms with Gasteiger partial charge in [-0.15, -0.1) is 0 Å². The van der Waals surface area contributed by atoms with Crippen LogP contribution in [0, 0.1) is 0 Å². The number of nitrogens with zero attached hydrogens (tertiary/aromatic N) is 1. The van der Waals surface area contributed by atoms with Crippen molar-refractivity contribution in [2.75, 3.05) is 33.8 Å². The van der Waals surface area contributed by atoms with Crippen LogP contribution < -0.4 is 10.1 Å². The average molecular weight is 255 g/mol. The zero-order valence-corrected chi connectivity index (χ0v) is 11.1. The Morgan fingerprint density at radius 3 is 3.00 bits per heavy atom. The van der Waals surface area contributed by atoms with Gasteiger partial charge in [-0.25, -0.2) is 0 Å². The molecule has 1 unspecified atom stereocenters. The second-order valence-corrected chi connectivity index (χ2v) is 4.98. The van der Waals surface area contributed by atoms with Crippen molar-refractivity contribution in [1.29, 1.82) is 0 Å². The standard InChI is InChI=1S/C13H19ClN2O/c1-16-6-5-15-11(9-16)7-10-3-4-12(17-2)8-13(10)14/h3-4,8,11,15H,5-7,9H2,1-2H3. The SMILES string of the molecule is COc1ccc(CC2CN(C)CCN2)c(Cl)c1. The molecule has 0 radical (unpaired) electrons. The first-order valence-corrected chi connectivity index (χ1v) is 6.31. The van der Waals surface area contributed by atoms with Gasteiger partial charge in [0.15, 0.2) is 0 Å². The van der Waals surface area contributed by atoms with E-state index in [4.69, 9.17) is 16.3 Å². The van der Waals surface area contributed by atoms with Crippen LogP contribution >= 0.6 is 11.6 Å². The molecule has 0 bridgehead atoms. The lowest BCUT2D eigenvalue weighted by Gasteiger charge is -2.31. The molecule has 17 heavy (non-hydrogen) atoms. The molecule has 0 saturated carbocycles. The Bertz CT molecular complexity index is 384. The van der Waals surface area contributed by atoms with Crippen molar-refractivity contribution in [3.8, 4) is 5.75 Å². The Morgan fingerprint density at radius 2 is 2.35 bits per heavy atom. The van der Waals surface area contributed by atoms with Crippen molar-refractivity contribution >= 4 is 11.6 Å². The fourth-order valence-electron chi connectivity index (χ4n) is 2.21. The minimum absolute atomic E-state index is 0.486. The number of hydrogen-bond acceptors (Lipinski definition) is 3. The van der Waals surface area contributed by atoms with Crippen LogP contribution in [0.2, 0.25) is 5.02 Å². The summed E-state index contributed by atoms with van der Waals surface area (Å²) in [5.41, 5.74) is 1.18. The molecule has 1 fully saturated rings. The van der Waals surface area contributed by atoms with E-state index in [1.807, 2.05) is 12.1 Å². The molecule has 94 valence electrons. The van der Waals surface area contributed by atoms with Crippen LogP contribution in [0.4, 0.5) is 0 Å². The van der Waals surface area contributed by atoms with Crippen LogP contribution in [0.1, 0.15) is 5.56 Å². The number of halogens is 1. The zero-order valence-electron chi connectivity index (χ0n) is 10.4. The maximum Gasteiger partial charge on any atom is 0.120 e. The third kappa shape index (κ3) is 3.35. The van der Waals surface area contributed by atoms with E-state index in [9.17, 15) is 0 Å². The number of piperazine rings is 1. The summed E-state index contributed by atoms with van der Waals surface area (Å²) in [4.78, 5) is 2.35. The third-order valence-electron chi connectivity index (χ3n) is 3.19. The van der Waals surface area contributed by atoms with Crippen LogP contribution in [0.5, 0.6) is 5.75 Å². The van der Waals surface area contributed by atoms with Crippen molar-refractivity contribution in [2.24, 2.45) is 0 Å². The first kappa shape index (κ1) is 12.7. The number of ether oxygens (including phenoxy) is 1. The summed E-state index contributed by atoms with van der Waals surface area (Å²) >= 11 is 6.24. The number of hydrogen-bond donors (Lipinski definition) is 1. The number of methoxy groups -OCH3 is 1. The maximum absolute atomic E-state index is 6.24. The molecule has 0 aliphatic carbocycles. The smallest absolute Gasteiger partial charge is 0.120 e. The van der Waals surface area contributed by atoms with Crippen molar-refractivity contribution < 1.29 is 4.74 Å². The predicted molar refractivity (Wildman–Crippen MR) is 71.0 cm³/mol. The highest BCUT2D eigenvalue weighted by atomic mass is 35.5. The molecule has 1 aromatic rings. The summed E-state index contributed by atoms with van der Waals surface area (Å²) in [6, 6.07) is 6.38. The fourth-order valence-corrected chi connectivity index (χ4v) is 2.46. The van der Waals surface area contributed by atoms with E-state index >= 15 is 0 Å². The first-order valence-electron chi connectivity index (χ1n) is 5.93. The van der Waals surface area contributed by atoms with Gasteiger partial charge < -0.3 is 15.0 Å². The molecule has 1 N–H and O–H groups in total.